The van der Waals surface area contributed by atoms with E-state index < -0.39 is 54.1 Å². The number of piperidine rings is 1. The molecule has 65 heavy (non-hydrogen) atoms. The predicted molar refractivity (Wildman–Crippen MR) is 251 cm³/mol. The van der Waals surface area contributed by atoms with E-state index in [4.69, 9.17) is 32.7 Å². The summed E-state index contributed by atoms with van der Waals surface area (Å²) >= 11 is 12.7. The van der Waals surface area contributed by atoms with Crippen LogP contribution in [0, 0.1) is 0 Å². The van der Waals surface area contributed by atoms with E-state index in [0.717, 1.165) is 28.2 Å². The number of aliphatic hydroxyl groups excluding tert-OH is 1. The third-order valence-corrected chi connectivity index (χ3v) is 12.2. The molecular weight excluding hydrogens is 893 g/mol. The van der Waals surface area contributed by atoms with Crippen LogP contribution in [0.2, 0.25) is 10.0 Å². The second kappa shape index (κ2) is 21.6. The normalized spacial score (nSPS) is 20.6. The number of cyclic esters (lactones) is 1. The lowest BCUT2D eigenvalue weighted by atomic mass is 9.82. The fraction of sp³-hybridized carbons (Fsp3) is 0.354. The minimum absolute atomic E-state index is 0. The Morgan fingerprint density at radius 2 is 1.63 bits per heavy atom. The number of imidazole rings is 1. The number of nitrogens with one attached hydrogen (secondary N) is 2. The highest BCUT2D eigenvalue weighted by Crippen LogP contribution is 2.33. The average molecular weight is 947 g/mol. The van der Waals surface area contributed by atoms with Gasteiger partial charge in [0.15, 0.2) is 6.10 Å². The number of carbonyl (C=O) groups is 4. The van der Waals surface area contributed by atoms with Crippen molar-refractivity contribution in [2.24, 2.45) is 7.05 Å². The molecule has 2 saturated heterocycles. The molecule has 1 aromatic heterocycles. The van der Waals surface area contributed by atoms with Gasteiger partial charge in [-0.3, -0.25) is 19.3 Å². The molecule has 4 aromatic carbocycles. The van der Waals surface area contributed by atoms with Crippen LogP contribution in [-0.4, -0.2) is 111 Å². The highest BCUT2D eigenvalue weighted by Gasteiger charge is 2.43. The van der Waals surface area contributed by atoms with Crippen LogP contribution in [0.25, 0.3) is 11.3 Å². The molecule has 4 amide bonds. The van der Waals surface area contributed by atoms with Gasteiger partial charge in [0.1, 0.15) is 29.4 Å². The molecule has 3 N–H and O–H groups in total. The lowest BCUT2D eigenvalue weighted by Gasteiger charge is -2.45. The third-order valence-electron chi connectivity index (χ3n) is 11.7. The Morgan fingerprint density at radius 3 is 2.32 bits per heavy atom. The Morgan fingerprint density at radius 1 is 0.923 bits per heavy atom. The van der Waals surface area contributed by atoms with E-state index in [1.165, 1.54) is 11.8 Å². The fourth-order valence-electron chi connectivity index (χ4n) is 8.24. The summed E-state index contributed by atoms with van der Waals surface area (Å²) in [6.45, 7) is 1.66. The van der Waals surface area contributed by atoms with Gasteiger partial charge in [0.2, 0.25) is 11.8 Å². The molecule has 0 unspecified atom stereocenters. The van der Waals surface area contributed by atoms with E-state index >= 15 is 0 Å². The van der Waals surface area contributed by atoms with Crippen LogP contribution in [0.4, 0.5) is 4.79 Å². The summed E-state index contributed by atoms with van der Waals surface area (Å²) < 4.78 is 14.6. The Kier molecular flexibility index (Phi) is 16.2. The molecule has 5 aromatic rings. The van der Waals surface area contributed by atoms with Crippen LogP contribution in [0.1, 0.15) is 42.3 Å². The topological polar surface area (TPSA) is 159 Å². The Balaban J connectivity index is 0.00000700. The molecule has 0 aliphatic carbocycles. The maximum absolute atomic E-state index is 14.7. The summed E-state index contributed by atoms with van der Waals surface area (Å²) in [4.78, 5) is 67.1. The number of rotatable bonds is 12. The Labute approximate surface area is 395 Å². The number of amides is 4. The fourth-order valence-corrected chi connectivity index (χ4v) is 8.53. The van der Waals surface area contributed by atoms with E-state index in [9.17, 15) is 24.3 Å². The number of aromatic nitrogens is 2. The molecule has 2 fully saturated rings. The van der Waals surface area contributed by atoms with Crippen LogP contribution in [0.3, 0.4) is 0 Å². The smallest absolute Gasteiger partial charge is 0.411 e. The second-order valence-corrected chi connectivity index (χ2v) is 17.7. The monoisotopic (exact) mass is 945 g/mol. The van der Waals surface area contributed by atoms with Gasteiger partial charge < -0.3 is 39.6 Å². The zero-order chi connectivity index (χ0) is 45.5. The van der Waals surface area contributed by atoms with Crippen molar-refractivity contribution in [3.63, 3.8) is 0 Å². The number of nitrogens with zero attached hydrogens (tertiary/aromatic N) is 5. The first kappa shape index (κ1) is 48.8. The SMILES string of the molecule is C[C@H]1C(=O)N[C@@H](CO)C(=O)N[C@@]2(Cc3ccc(Cl)cc3)CCCN(C2)C(=O)[C@H](Cc2ccccc2)OC(=O)N1Cc1ccc(Cl)cc1Oc1ccc(-c2cnc(CN(C)C)n2C)cc1.Cl. The van der Waals surface area contributed by atoms with Gasteiger partial charge in [0, 0.05) is 47.7 Å². The van der Waals surface area contributed by atoms with Gasteiger partial charge in [-0.05, 0) is 99.9 Å². The van der Waals surface area contributed by atoms with Crippen LogP contribution in [0.5, 0.6) is 11.5 Å². The molecule has 0 saturated carbocycles. The Bertz CT molecular complexity index is 2450. The summed E-state index contributed by atoms with van der Waals surface area (Å²) in [5.41, 5.74) is 2.96. The van der Waals surface area contributed by atoms with Crippen LogP contribution < -0.4 is 15.4 Å². The molecule has 2 aliphatic heterocycles. The van der Waals surface area contributed by atoms with E-state index in [1.807, 2.05) is 104 Å². The molecule has 2 bridgehead atoms. The van der Waals surface area contributed by atoms with Crippen molar-refractivity contribution in [1.29, 1.82) is 0 Å². The molecule has 2 aliphatic rings. The summed E-state index contributed by atoms with van der Waals surface area (Å²) in [7, 11) is 5.95. The summed E-state index contributed by atoms with van der Waals surface area (Å²) in [5, 5.41) is 17.2. The molecule has 17 heteroatoms. The largest absolute Gasteiger partial charge is 0.457 e. The number of hydrogen-bond donors (Lipinski definition) is 3. The third kappa shape index (κ3) is 12.0. The molecule has 14 nitrogen and oxygen atoms in total. The van der Waals surface area contributed by atoms with Crippen molar-refractivity contribution in [3.8, 4) is 22.8 Å². The lowest BCUT2D eigenvalue weighted by Crippen LogP contribution is -2.66. The molecule has 3 heterocycles. The predicted octanol–water partition coefficient (Wildman–Crippen LogP) is 6.82. The number of ether oxygens (including phenoxy) is 2. The zero-order valence-corrected chi connectivity index (χ0v) is 39.0. The first-order chi connectivity index (χ1) is 30.7. The number of halogens is 3. The number of hydrogen-bond acceptors (Lipinski definition) is 9. The first-order valence-electron chi connectivity index (χ1n) is 21.2. The van der Waals surface area contributed by atoms with Crippen molar-refractivity contribution in [3.05, 3.63) is 136 Å². The zero-order valence-electron chi connectivity index (χ0n) is 36.7. The average Bonchev–Trinajstić information content (AvgIpc) is 3.63. The van der Waals surface area contributed by atoms with E-state index in [-0.39, 0.29) is 31.9 Å². The maximum atomic E-state index is 14.7. The van der Waals surface area contributed by atoms with Gasteiger partial charge in [0.25, 0.3) is 5.91 Å². The van der Waals surface area contributed by atoms with Crippen molar-refractivity contribution in [2.75, 3.05) is 33.8 Å². The van der Waals surface area contributed by atoms with Gasteiger partial charge in [-0.15, -0.1) is 12.4 Å². The number of fused-ring (bicyclic) bond motifs is 2. The highest BCUT2D eigenvalue weighted by molar-refractivity contribution is 6.31. The van der Waals surface area contributed by atoms with E-state index in [1.54, 1.807) is 35.2 Å². The highest BCUT2D eigenvalue weighted by atomic mass is 35.5. The minimum Gasteiger partial charge on any atom is -0.457 e. The minimum atomic E-state index is -1.38. The molecule has 0 radical (unpaired) electrons. The molecule has 344 valence electrons. The van der Waals surface area contributed by atoms with Gasteiger partial charge >= 0.3 is 6.09 Å². The van der Waals surface area contributed by atoms with Crippen LogP contribution >= 0.6 is 35.6 Å². The first-order valence-corrected chi connectivity index (χ1v) is 22.0. The lowest BCUT2D eigenvalue weighted by molar-refractivity contribution is -0.145. The molecule has 4 atom stereocenters. The van der Waals surface area contributed by atoms with Crippen molar-refractivity contribution in [1.82, 2.24) is 34.9 Å². The van der Waals surface area contributed by atoms with Crippen molar-refractivity contribution >= 4 is 59.4 Å². The van der Waals surface area contributed by atoms with E-state index in [0.29, 0.717) is 59.5 Å². The second-order valence-electron chi connectivity index (χ2n) is 16.8. The molecule has 0 spiro atoms. The number of benzene rings is 4. The number of carbonyl (C=O) groups excluding carboxylic acids is 4. The maximum Gasteiger partial charge on any atom is 0.411 e. The van der Waals surface area contributed by atoms with Crippen LogP contribution in [-0.2, 0) is 52.1 Å². The van der Waals surface area contributed by atoms with Crippen molar-refractivity contribution < 1.29 is 33.8 Å². The molecular formula is C48H54Cl3N7O7. The van der Waals surface area contributed by atoms with Gasteiger partial charge in [-0.25, -0.2) is 9.78 Å². The van der Waals surface area contributed by atoms with Crippen LogP contribution in [0.15, 0.2) is 103 Å². The summed E-state index contributed by atoms with van der Waals surface area (Å²) in [6, 6.07) is 26.2. The standard InChI is InChI=1S/C48H53Cl2N7O7.ClH/c1-31-44(59)52-39(29-58)45(60)53-48(25-33-11-16-36(49)17-12-33)21-8-22-56(30-48)46(61)42(23-32-9-6-5-7-10-32)64-47(62)57(31)27-35-13-18-37(50)24-41(35)63-38-19-14-34(15-20-38)40-26-51-43(55(40)4)28-54(2)3;/h5-7,9-20,24,26,31,39,42,58H,8,21-23,25,27-30H2,1-4H3,(H,52,59)(H,53,60);1H/t31-,39-,42-,48+;/m0./s1. The quantitative estimate of drug-likeness (QED) is 0.122. The van der Waals surface area contributed by atoms with Crippen molar-refractivity contribution in [2.45, 2.75) is 69.4 Å². The van der Waals surface area contributed by atoms with E-state index in [2.05, 4.69) is 15.6 Å². The summed E-state index contributed by atoms with van der Waals surface area (Å²) in [6.07, 6.45) is 1.00. The Hall–Kier alpha value is -5.64. The van der Waals surface area contributed by atoms with Gasteiger partial charge in [0.05, 0.1) is 37.1 Å². The molecule has 7 rings (SSSR count). The number of aliphatic hydroxyl groups is 1. The van der Waals surface area contributed by atoms with Gasteiger partial charge in [-0.1, -0.05) is 71.7 Å². The van der Waals surface area contributed by atoms with Gasteiger partial charge in [-0.2, -0.15) is 0 Å². The summed E-state index contributed by atoms with van der Waals surface area (Å²) in [5.74, 6) is -0.0986.